The zero-order valence-electron chi connectivity index (χ0n) is 11.4. The average molecular weight is 297 g/mol. The summed E-state index contributed by atoms with van der Waals surface area (Å²) in [4.78, 5) is 4.32. The van der Waals surface area contributed by atoms with Crippen molar-refractivity contribution in [2.75, 3.05) is 5.75 Å². The van der Waals surface area contributed by atoms with Gasteiger partial charge in [-0.15, -0.1) is 0 Å². The van der Waals surface area contributed by atoms with Crippen LogP contribution in [0, 0.1) is 0 Å². The first-order chi connectivity index (χ1) is 10.1. The van der Waals surface area contributed by atoms with E-state index in [0.717, 1.165) is 16.3 Å². The highest BCUT2D eigenvalue weighted by molar-refractivity contribution is 7.91. The van der Waals surface area contributed by atoms with Crippen molar-refractivity contribution in [1.29, 1.82) is 0 Å². The van der Waals surface area contributed by atoms with Crippen LogP contribution < -0.4 is 0 Å². The van der Waals surface area contributed by atoms with E-state index in [-0.39, 0.29) is 5.75 Å². The van der Waals surface area contributed by atoms with Crippen molar-refractivity contribution < 1.29 is 8.42 Å². The van der Waals surface area contributed by atoms with E-state index in [2.05, 4.69) is 4.98 Å². The molecule has 106 valence electrons. The molecule has 0 aliphatic carbocycles. The van der Waals surface area contributed by atoms with Gasteiger partial charge in [0.25, 0.3) is 0 Å². The van der Waals surface area contributed by atoms with E-state index < -0.39 is 9.84 Å². The van der Waals surface area contributed by atoms with E-state index >= 15 is 0 Å². The molecule has 0 aliphatic heterocycles. The van der Waals surface area contributed by atoms with E-state index in [4.69, 9.17) is 0 Å². The van der Waals surface area contributed by atoms with Crippen LogP contribution in [0.1, 0.15) is 5.56 Å². The lowest BCUT2D eigenvalue weighted by molar-refractivity contribution is 0.595. The minimum Gasteiger partial charge on any atom is -0.265 e. The van der Waals surface area contributed by atoms with Gasteiger partial charge in [-0.1, -0.05) is 30.3 Å². The third-order valence-corrected chi connectivity index (χ3v) is 5.20. The van der Waals surface area contributed by atoms with E-state index in [1.807, 2.05) is 42.5 Å². The van der Waals surface area contributed by atoms with Gasteiger partial charge >= 0.3 is 0 Å². The Labute approximate surface area is 124 Å². The number of fused-ring (bicyclic) bond motifs is 1. The number of rotatable bonds is 4. The predicted octanol–water partition coefficient (Wildman–Crippen LogP) is 3.25. The van der Waals surface area contributed by atoms with Gasteiger partial charge in [0.05, 0.1) is 10.6 Å². The number of sulfone groups is 1. The van der Waals surface area contributed by atoms with Gasteiger partial charge < -0.3 is 0 Å². The predicted molar refractivity (Wildman–Crippen MR) is 83.9 cm³/mol. The zero-order valence-corrected chi connectivity index (χ0v) is 12.3. The summed E-state index contributed by atoms with van der Waals surface area (Å²) in [5.74, 6) is 0.107. The van der Waals surface area contributed by atoms with Crippen LogP contribution in [-0.2, 0) is 16.3 Å². The van der Waals surface area contributed by atoms with Gasteiger partial charge in [0, 0.05) is 12.4 Å². The molecule has 0 bridgehead atoms. The second-order valence-electron chi connectivity index (χ2n) is 4.93. The maximum Gasteiger partial charge on any atom is 0.178 e. The van der Waals surface area contributed by atoms with Crippen molar-refractivity contribution in [2.24, 2.45) is 0 Å². The van der Waals surface area contributed by atoms with E-state index in [1.165, 1.54) is 0 Å². The van der Waals surface area contributed by atoms with Crippen LogP contribution in [-0.4, -0.2) is 19.2 Å². The molecule has 1 aromatic heterocycles. The molecule has 3 nitrogen and oxygen atoms in total. The van der Waals surface area contributed by atoms with Gasteiger partial charge in [-0.25, -0.2) is 8.42 Å². The molecule has 21 heavy (non-hydrogen) atoms. The smallest absolute Gasteiger partial charge is 0.178 e. The Balaban J connectivity index is 1.86. The summed E-state index contributed by atoms with van der Waals surface area (Å²) in [6.07, 6.45) is 3.85. The minimum absolute atomic E-state index is 0.107. The van der Waals surface area contributed by atoms with Crippen LogP contribution in [0.15, 0.2) is 71.9 Å². The molecule has 0 saturated carbocycles. The average Bonchev–Trinajstić information content (AvgIpc) is 2.53. The minimum atomic E-state index is -3.27. The summed E-state index contributed by atoms with van der Waals surface area (Å²) < 4.78 is 24.9. The quantitative estimate of drug-likeness (QED) is 0.742. The molecule has 0 radical (unpaired) electrons. The summed E-state index contributed by atoms with van der Waals surface area (Å²) in [7, 11) is -3.27. The zero-order chi connectivity index (χ0) is 14.7. The number of hydrogen-bond donors (Lipinski definition) is 0. The highest BCUT2D eigenvalue weighted by atomic mass is 32.2. The molecule has 0 saturated heterocycles. The topological polar surface area (TPSA) is 47.0 Å². The summed E-state index contributed by atoms with van der Waals surface area (Å²) >= 11 is 0. The molecule has 0 N–H and O–H groups in total. The Morgan fingerprint density at radius 2 is 1.57 bits per heavy atom. The number of pyridine rings is 1. The fourth-order valence-electron chi connectivity index (χ4n) is 2.28. The maximum atomic E-state index is 12.4. The van der Waals surface area contributed by atoms with Gasteiger partial charge in [0.1, 0.15) is 0 Å². The number of aryl methyl sites for hydroxylation is 1. The summed E-state index contributed by atoms with van der Waals surface area (Å²) in [6.45, 7) is 0. The van der Waals surface area contributed by atoms with Gasteiger partial charge in [0.15, 0.2) is 9.84 Å². The third-order valence-electron chi connectivity index (χ3n) is 3.49. The lowest BCUT2D eigenvalue weighted by Gasteiger charge is -2.06. The Morgan fingerprint density at radius 1 is 0.857 bits per heavy atom. The van der Waals surface area contributed by atoms with Crippen LogP contribution >= 0.6 is 0 Å². The number of hydrogen-bond acceptors (Lipinski definition) is 3. The molecule has 0 spiro atoms. The molecule has 0 amide bonds. The lowest BCUT2D eigenvalue weighted by Crippen LogP contribution is -2.09. The van der Waals surface area contributed by atoms with Crippen molar-refractivity contribution in [2.45, 2.75) is 11.3 Å². The Morgan fingerprint density at radius 3 is 2.33 bits per heavy atom. The molecule has 3 aromatic rings. The Hall–Kier alpha value is -2.20. The largest absolute Gasteiger partial charge is 0.265 e. The lowest BCUT2D eigenvalue weighted by atomic mass is 10.1. The van der Waals surface area contributed by atoms with Crippen molar-refractivity contribution in [1.82, 2.24) is 4.98 Å². The molecule has 0 atom stereocenters. The molecule has 1 heterocycles. The van der Waals surface area contributed by atoms with Crippen molar-refractivity contribution in [3.63, 3.8) is 0 Å². The van der Waals surface area contributed by atoms with Crippen LogP contribution in [0.4, 0.5) is 0 Å². The molecule has 2 aromatic carbocycles. The van der Waals surface area contributed by atoms with Gasteiger partial charge in [-0.3, -0.25) is 4.98 Å². The first-order valence-corrected chi connectivity index (χ1v) is 8.41. The second-order valence-corrected chi connectivity index (χ2v) is 7.04. The molecular formula is C17H15NO2S. The van der Waals surface area contributed by atoms with Crippen LogP contribution in [0.5, 0.6) is 0 Å². The van der Waals surface area contributed by atoms with Gasteiger partial charge in [-0.05, 0) is 47.0 Å². The van der Waals surface area contributed by atoms with E-state index in [1.54, 1.807) is 24.5 Å². The number of benzene rings is 2. The summed E-state index contributed by atoms with van der Waals surface area (Å²) in [6, 6.07) is 16.7. The van der Waals surface area contributed by atoms with Crippen LogP contribution in [0.3, 0.4) is 0 Å². The number of nitrogens with zero attached hydrogens (tertiary/aromatic N) is 1. The number of aromatic nitrogens is 1. The molecular weight excluding hydrogens is 282 g/mol. The van der Waals surface area contributed by atoms with Gasteiger partial charge in [-0.2, -0.15) is 0 Å². The highest BCUT2D eigenvalue weighted by Gasteiger charge is 2.14. The fraction of sp³-hybridized carbons (Fsp3) is 0.118. The van der Waals surface area contributed by atoms with Gasteiger partial charge in [0.2, 0.25) is 0 Å². The fourth-order valence-corrected chi connectivity index (χ4v) is 3.60. The van der Waals surface area contributed by atoms with Crippen molar-refractivity contribution in [3.05, 3.63) is 72.6 Å². The van der Waals surface area contributed by atoms with Crippen molar-refractivity contribution in [3.8, 4) is 0 Å². The third kappa shape index (κ3) is 3.11. The SMILES string of the molecule is O=S(=O)(CCc1ccncc1)c1ccc2ccccc2c1. The molecule has 0 unspecified atom stereocenters. The van der Waals surface area contributed by atoms with E-state index in [9.17, 15) is 8.42 Å². The molecule has 4 heteroatoms. The first-order valence-electron chi connectivity index (χ1n) is 6.76. The van der Waals surface area contributed by atoms with E-state index in [0.29, 0.717) is 11.3 Å². The highest BCUT2D eigenvalue weighted by Crippen LogP contribution is 2.20. The monoisotopic (exact) mass is 297 g/mol. The molecule has 3 rings (SSSR count). The summed E-state index contributed by atoms with van der Waals surface area (Å²) in [5, 5.41) is 1.99. The second kappa shape index (κ2) is 5.66. The maximum absolute atomic E-state index is 12.4. The standard InChI is InChI=1S/C17H15NO2S/c19-21(20,12-9-14-7-10-18-11-8-14)17-6-5-15-3-1-2-4-16(15)13-17/h1-8,10-11,13H,9,12H2. The molecule has 0 aliphatic rings. The molecule has 0 fully saturated rings. The van der Waals surface area contributed by atoms with Crippen LogP contribution in [0.2, 0.25) is 0 Å². The normalized spacial score (nSPS) is 11.6. The van der Waals surface area contributed by atoms with Crippen LogP contribution in [0.25, 0.3) is 10.8 Å². The Bertz CT molecular complexity index is 858. The summed E-state index contributed by atoms with van der Waals surface area (Å²) in [5.41, 5.74) is 0.981. The van der Waals surface area contributed by atoms with Crippen molar-refractivity contribution >= 4 is 20.6 Å². The Kier molecular flexibility index (Phi) is 3.71. The first kappa shape index (κ1) is 13.8.